The highest BCUT2D eigenvalue weighted by Crippen LogP contribution is 2.33. The van der Waals surface area contributed by atoms with Gasteiger partial charge in [-0.2, -0.15) is 5.10 Å². The van der Waals surface area contributed by atoms with Crippen molar-refractivity contribution < 1.29 is 0 Å². The van der Waals surface area contributed by atoms with Crippen LogP contribution in [0.3, 0.4) is 0 Å². The summed E-state index contributed by atoms with van der Waals surface area (Å²) >= 11 is 1.83. The van der Waals surface area contributed by atoms with E-state index in [1.54, 1.807) is 0 Å². The zero-order chi connectivity index (χ0) is 15.1. The summed E-state index contributed by atoms with van der Waals surface area (Å²) in [6, 6.07) is 8.92. The quantitative estimate of drug-likeness (QED) is 0.332. The Morgan fingerprint density at radius 1 is 1.14 bits per heavy atom. The summed E-state index contributed by atoms with van der Waals surface area (Å²) in [6.45, 7) is 7.40. The van der Waals surface area contributed by atoms with E-state index in [0.717, 1.165) is 6.54 Å². The molecule has 2 nitrogen and oxygen atoms in total. The molecule has 0 aliphatic carbocycles. The molecule has 0 spiro atoms. The summed E-state index contributed by atoms with van der Waals surface area (Å²) in [5.41, 5.74) is 1.32. The number of unbranched alkanes of at least 4 members (excludes halogenated alkanes) is 4. The zero-order valence-electron chi connectivity index (χ0n) is 13.4. The van der Waals surface area contributed by atoms with Crippen molar-refractivity contribution in [3.63, 3.8) is 0 Å². The lowest BCUT2D eigenvalue weighted by molar-refractivity contribution is 0.624. The molecule has 0 saturated carbocycles. The molecule has 2 rings (SSSR count). The molecular formula is C18H26N2S. The number of aryl methyl sites for hydroxylation is 1. The topological polar surface area (TPSA) is 15.6 Å². The number of rotatable bonds is 8. The summed E-state index contributed by atoms with van der Waals surface area (Å²) in [4.78, 5) is 0. The molecule has 1 aromatic carbocycles. The minimum absolute atomic E-state index is 1.01. The van der Waals surface area contributed by atoms with Crippen molar-refractivity contribution in [3.8, 4) is 0 Å². The van der Waals surface area contributed by atoms with Crippen LogP contribution in [0.25, 0.3) is 10.1 Å². The van der Waals surface area contributed by atoms with Gasteiger partial charge in [0.2, 0.25) is 0 Å². The van der Waals surface area contributed by atoms with E-state index in [1.807, 2.05) is 24.5 Å². The van der Waals surface area contributed by atoms with Gasteiger partial charge in [-0.1, -0.05) is 50.3 Å². The third kappa shape index (κ3) is 4.57. The molecule has 0 radical (unpaired) electrons. The molecule has 114 valence electrons. The molecule has 1 aromatic heterocycles. The second-order valence-electron chi connectivity index (χ2n) is 5.54. The van der Waals surface area contributed by atoms with Crippen LogP contribution in [0.1, 0.15) is 51.5 Å². The number of hydrogen-bond donors (Lipinski definition) is 0. The third-order valence-corrected chi connectivity index (χ3v) is 4.77. The Morgan fingerprint density at radius 2 is 1.95 bits per heavy atom. The SMILES string of the molecule is C/C=N/N(CCCCCCC)c1cc2cc(C)ccc2s1. The van der Waals surface area contributed by atoms with Crippen LogP contribution in [0.15, 0.2) is 29.4 Å². The van der Waals surface area contributed by atoms with Crippen molar-refractivity contribution in [2.24, 2.45) is 5.10 Å². The van der Waals surface area contributed by atoms with Crippen LogP contribution in [-0.4, -0.2) is 12.8 Å². The Bertz CT molecular complexity index is 586. The van der Waals surface area contributed by atoms with E-state index < -0.39 is 0 Å². The highest BCUT2D eigenvalue weighted by Gasteiger charge is 2.09. The van der Waals surface area contributed by atoms with Gasteiger partial charge in [-0.25, -0.2) is 0 Å². The number of nitrogens with zero attached hydrogens (tertiary/aromatic N) is 2. The summed E-state index contributed by atoms with van der Waals surface area (Å²) in [6.07, 6.45) is 8.39. The monoisotopic (exact) mass is 302 g/mol. The molecule has 0 amide bonds. The standard InChI is InChI=1S/C18H26N2S/c1-4-6-7-8-9-12-20(19-5-2)18-14-16-13-15(3)10-11-17(16)21-18/h5,10-11,13-14H,4,6-9,12H2,1-3H3/b19-5+. The van der Waals surface area contributed by atoms with Crippen LogP contribution in [0, 0.1) is 6.92 Å². The first-order valence-electron chi connectivity index (χ1n) is 8.01. The summed E-state index contributed by atoms with van der Waals surface area (Å²) < 4.78 is 1.35. The zero-order valence-corrected chi connectivity index (χ0v) is 14.2. The predicted octanol–water partition coefficient (Wildman–Crippen LogP) is 5.99. The van der Waals surface area contributed by atoms with Crippen LogP contribution >= 0.6 is 11.3 Å². The van der Waals surface area contributed by atoms with Gasteiger partial charge in [-0.15, -0.1) is 11.3 Å². The minimum atomic E-state index is 1.01. The number of benzene rings is 1. The van der Waals surface area contributed by atoms with Gasteiger partial charge in [0.15, 0.2) is 0 Å². The largest absolute Gasteiger partial charge is 0.256 e. The molecular weight excluding hydrogens is 276 g/mol. The number of hydrazone groups is 1. The van der Waals surface area contributed by atoms with E-state index in [4.69, 9.17) is 0 Å². The highest BCUT2D eigenvalue weighted by molar-refractivity contribution is 7.22. The minimum Gasteiger partial charge on any atom is -0.256 e. The van der Waals surface area contributed by atoms with Gasteiger partial charge in [0.05, 0.1) is 0 Å². The Labute approximate surface area is 132 Å². The molecule has 2 aromatic rings. The van der Waals surface area contributed by atoms with Gasteiger partial charge in [0.25, 0.3) is 0 Å². The Kier molecular flexibility index (Phi) is 6.24. The lowest BCUT2D eigenvalue weighted by Gasteiger charge is -2.16. The fourth-order valence-corrected chi connectivity index (χ4v) is 3.53. The van der Waals surface area contributed by atoms with E-state index in [2.05, 4.69) is 48.2 Å². The molecule has 21 heavy (non-hydrogen) atoms. The fourth-order valence-electron chi connectivity index (χ4n) is 2.51. The molecule has 0 N–H and O–H groups in total. The number of fused-ring (bicyclic) bond motifs is 1. The lowest BCUT2D eigenvalue weighted by atomic mass is 10.1. The van der Waals surface area contributed by atoms with Gasteiger partial charge in [0.1, 0.15) is 5.00 Å². The van der Waals surface area contributed by atoms with Crippen LogP contribution in [0.4, 0.5) is 5.00 Å². The van der Waals surface area contributed by atoms with Crippen LogP contribution < -0.4 is 5.01 Å². The van der Waals surface area contributed by atoms with E-state index in [9.17, 15) is 0 Å². The van der Waals surface area contributed by atoms with Crippen molar-refractivity contribution in [2.45, 2.75) is 52.9 Å². The van der Waals surface area contributed by atoms with Gasteiger partial charge in [-0.3, -0.25) is 5.01 Å². The second kappa shape index (κ2) is 8.18. The molecule has 0 saturated heterocycles. The Balaban J connectivity index is 2.05. The number of hydrogen-bond acceptors (Lipinski definition) is 3. The van der Waals surface area contributed by atoms with E-state index in [0.29, 0.717) is 0 Å². The first-order valence-corrected chi connectivity index (χ1v) is 8.82. The van der Waals surface area contributed by atoms with Crippen molar-refractivity contribution in [1.82, 2.24) is 0 Å². The smallest absolute Gasteiger partial charge is 0.113 e. The normalized spacial score (nSPS) is 11.6. The van der Waals surface area contributed by atoms with E-state index in [-0.39, 0.29) is 0 Å². The molecule has 3 heteroatoms. The van der Waals surface area contributed by atoms with Crippen molar-refractivity contribution in [2.75, 3.05) is 11.6 Å². The maximum absolute atomic E-state index is 4.55. The number of thiophene rings is 1. The Morgan fingerprint density at radius 3 is 2.71 bits per heavy atom. The maximum atomic E-state index is 4.55. The molecule has 0 fully saturated rings. The van der Waals surface area contributed by atoms with Crippen LogP contribution in [-0.2, 0) is 0 Å². The first-order chi connectivity index (χ1) is 10.2. The van der Waals surface area contributed by atoms with Gasteiger partial charge >= 0.3 is 0 Å². The van der Waals surface area contributed by atoms with E-state index in [1.165, 1.54) is 52.8 Å². The molecule has 1 heterocycles. The molecule has 0 unspecified atom stereocenters. The Hall–Kier alpha value is -1.35. The maximum Gasteiger partial charge on any atom is 0.113 e. The highest BCUT2D eigenvalue weighted by atomic mass is 32.1. The molecule has 0 aliphatic heterocycles. The average molecular weight is 302 g/mol. The van der Waals surface area contributed by atoms with Gasteiger partial charge in [-0.05, 0) is 37.8 Å². The van der Waals surface area contributed by atoms with Crippen molar-refractivity contribution >= 4 is 32.6 Å². The molecule has 0 atom stereocenters. The first kappa shape index (κ1) is 16.0. The molecule has 0 aliphatic rings. The predicted molar refractivity (Wildman–Crippen MR) is 96.8 cm³/mol. The fraction of sp³-hybridized carbons (Fsp3) is 0.500. The summed E-state index contributed by atoms with van der Waals surface area (Å²) in [5, 5.41) is 9.29. The van der Waals surface area contributed by atoms with Crippen molar-refractivity contribution in [3.05, 3.63) is 29.8 Å². The van der Waals surface area contributed by atoms with Gasteiger partial charge in [0, 0.05) is 17.5 Å². The molecule has 0 bridgehead atoms. The summed E-state index contributed by atoms with van der Waals surface area (Å²) in [7, 11) is 0. The third-order valence-electron chi connectivity index (χ3n) is 3.64. The lowest BCUT2D eigenvalue weighted by Crippen LogP contribution is -2.16. The van der Waals surface area contributed by atoms with Crippen molar-refractivity contribution in [1.29, 1.82) is 0 Å². The summed E-state index contributed by atoms with van der Waals surface area (Å²) in [5.74, 6) is 0. The van der Waals surface area contributed by atoms with Crippen LogP contribution in [0.5, 0.6) is 0 Å². The van der Waals surface area contributed by atoms with Crippen LogP contribution in [0.2, 0.25) is 0 Å². The van der Waals surface area contributed by atoms with Gasteiger partial charge < -0.3 is 0 Å². The average Bonchev–Trinajstić information content (AvgIpc) is 2.88. The second-order valence-corrected chi connectivity index (χ2v) is 6.60. The van der Waals surface area contributed by atoms with E-state index >= 15 is 0 Å². The number of anilines is 1.